The first kappa shape index (κ1) is 26.6. The SMILES string of the molecule is C.CCC[C@H]1CC(O)[C@@H](CC)O1.CCc1cn([C@H]2CC(O)[C@@H](CC)O2)c(=O)[nH]c1=O. The van der Waals surface area contributed by atoms with Crippen LogP contribution < -0.4 is 11.2 Å². The summed E-state index contributed by atoms with van der Waals surface area (Å²) in [6.45, 7) is 7.97. The van der Waals surface area contributed by atoms with E-state index in [4.69, 9.17) is 9.47 Å². The zero-order valence-corrected chi connectivity index (χ0v) is 18.0. The Morgan fingerprint density at radius 1 is 1.03 bits per heavy atom. The fraction of sp³-hybridized carbons (Fsp3) is 0.818. The van der Waals surface area contributed by atoms with Gasteiger partial charge >= 0.3 is 5.69 Å². The number of aliphatic hydroxyl groups is 2. The Bertz CT molecular complexity index is 746. The number of H-pyrrole nitrogens is 1. The van der Waals surface area contributed by atoms with Crippen molar-refractivity contribution in [3.8, 4) is 0 Å². The van der Waals surface area contributed by atoms with E-state index in [-0.39, 0.29) is 31.3 Å². The van der Waals surface area contributed by atoms with E-state index >= 15 is 0 Å². The van der Waals surface area contributed by atoms with Gasteiger partial charge in [0.25, 0.3) is 5.56 Å². The predicted octanol–water partition coefficient (Wildman–Crippen LogP) is 2.51. The number of aliphatic hydroxyl groups excluding tert-OH is 2. The molecule has 174 valence electrons. The normalized spacial score (nSPS) is 30.5. The second-order valence-corrected chi connectivity index (χ2v) is 7.81. The summed E-state index contributed by atoms with van der Waals surface area (Å²) in [4.78, 5) is 25.5. The van der Waals surface area contributed by atoms with E-state index in [1.54, 1.807) is 0 Å². The van der Waals surface area contributed by atoms with E-state index in [1.807, 2.05) is 13.8 Å². The predicted molar refractivity (Wildman–Crippen MR) is 117 cm³/mol. The summed E-state index contributed by atoms with van der Waals surface area (Å²) in [5.74, 6) is 0. The van der Waals surface area contributed by atoms with Crippen molar-refractivity contribution in [3.63, 3.8) is 0 Å². The molecule has 2 aliphatic rings. The van der Waals surface area contributed by atoms with Crippen molar-refractivity contribution >= 4 is 0 Å². The second-order valence-electron chi connectivity index (χ2n) is 7.81. The van der Waals surface area contributed by atoms with E-state index in [2.05, 4.69) is 18.8 Å². The number of rotatable bonds is 6. The van der Waals surface area contributed by atoms with Crippen molar-refractivity contribution < 1.29 is 19.7 Å². The van der Waals surface area contributed by atoms with Gasteiger partial charge in [0, 0.05) is 24.6 Å². The number of aryl methyl sites for hydroxylation is 1. The van der Waals surface area contributed by atoms with Crippen LogP contribution >= 0.6 is 0 Å². The topological polar surface area (TPSA) is 114 Å². The van der Waals surface area contributed by atoms with Crippen LogP contribution in [0.4, 0.5) is 0 Å². The molecule has 30 heavy (non-hydrogen) atoms. The number of ether oxygens (including phenoxy) is 2. The third-order valence-electron chi connectivity index (χ3n) is 5.65. The minimum atomic E-state index is -0.566. The first-order valence-corrected chi connectivity index (χ1v) is 10.9. The Morgan fingerprint density at radius 2 is 1.63 bits per heavy atom. The minimum absolute atomic E-state index is 0. The maximum Gasteiger partial charge on any atom is 0.330 e. The van der Waals surface area contributed by atoms with Gasteiger partial charge in [0.1, 0.15) is 6.23 Å². The van der Waals surface area contributed by atoms with Gasteiger partial charge in [0.05, 0.1) is 30.5 Å². The maximum atomic E-state index is 11.7. The van der Waals surface area contributed by atoms with Crippen LogP contribution in [0, 0.1) is 0 Å². The number of aromatic amines is 1. The van der Waals surface area contributed by atoms with E-state index in [9.17, 15) is 19.8 Å². The summed E-state index contributed by atoms with van der Waals surface area (Å²) in [5, 5.41) is 19.2. The largest absolute Gasteiger partial charge is 0.390 e. The monoisotopic (exact) mass is 428 g/mol. The van der Waals surface area contributed by atoms with Gasteiger partial charge in [-0.15, -0.1) is 0 Å². The lowest BCUT2D eigenvalue weighted by molar-refractivity contribution is -0.0218. The number of hydrogen-bond donors (Lipinski definition) is 3. The molecule has 8 heteroatoms. The zero-order chi connectivity index (χ0) is 21.6. The molecule has 0 amide bonds. The van der Waals surface area contributed by atoms with E-state index < -0.39 is 18.0 Å². The Balaban J connectivity index is 0.000000324. The molecule has 6 atom stereocenters. The average molecular weight is 429 g/mol. The molecule has 2 unspecified atom stereocenters. The highest BCUT2D eigenvalue weighted by atomic mass is 16.5. The first-order valence-electron chi connectivity index (χ1n) is 10.9. The molecule has 2 fully saturated rings. The van der Waals surface area contributed by atoms with Crippen LogP contribution in [0.5, 0.6) is 0 Å². The lowest BCUT2D eigenvalue weighted by Crippen LogP contribution is -2.34. The van der Waals surface area contributed by atoms with Crippen LogP contribution in [0.15, 0.2) is 15.8 Å². The van der Waals surface area contributed by atoms with Crippen LogP contribution in [0.25, 0.3) is 0 Å². The third kappa shape index (κ3) is 6.51. The molecule has 0 radical (unpaired) electrons. The van der Waals surface area contributed by atoms with Crippen LogP contribution in [0.3, 0.4) is 0 Å². The summed E-state index contributed by atoms with van der Waals surface area (Å²) in [6.07, 6.45) is 6.03. The zero-order valence-electron chi connectivity index (χ0n) is 18.0. The van der Waals surface area contributed by atoms with Crippen molar-refractivity contribution in [2.45, 2.75) is 117 Å². The van der Waals surface area contributed by atoms with Gasteiger partial charge < -0.3 is 19.7 Å². The van der Waals surface area contributed by atoms with Crippen LogP contribution in [0.1, 0.15) is 85.4 Å². The highest BCUT2D eigenvalue weighted by Crippen LogP contribution is 2.29. The smallest absolute Gasteiger partial charge is 0.330 e. The molecule has 3 N–H and O–H groups in total. The van der Waals surface area contributed by atoms with Gasteiger partial charge in [0.15, 0.2) is 0 Å². The molecule has 3 heterocycles. The van der Waals surface area contributed by atoms with Gasteiger partial charge in [-0.05, 0) is 25.7 Å². The Morgan fingerprint density at radius 3 is 2.13 bits per heavy atom. The average Bonchev–Trinajstić information content (AvgIpc) is 3.24. The Kier molecular flexibility index (Phi) is 11.0. The lowest BCUT2D eigenvalue weighted by Gasteiger charge is -2.15. The molecule has 8 nitrogen and oxygen atoms in total. The molecule has 2 saturated heterocycles. The molecule has 1 aromatic heterocycles. The summed E-state index contributed by atoms with van der Waals surface area (Å²) < 4.78 is 12.6. The molecule has 0 bridgehead atoms. The Labute approximate surface area is 179 Å². The molecule has 2 aliphatic heterocycles. The van der Waals surface area contributed by atoms with Gasteiger partial charge in [-0.1, -0.05) is 41.5 Å². The number of nitrogens with zero attached hydrogens (tertiary/aromatic N) is 1. The van der Waals surface area contributed by atoms with Gasteiger partial charge in [-0.3, -0.25) is 14.3 Å². The summed E-state index contributed by atoms with van der Waals surface area (Å²) in [5.41, 5.74) is -0.317. The molecular weight excluding hydrogens is 388 g/mol. The van der Waals surface area contributed by atoms with Crippen LogP contribution in [-0.4, -0.2) is 50.3 Å². The molecular formula is C22H40N2O6. The molecule has 0 aromatic carbocycles. The number of hydrogen-bond acceptors (Lipinski definition) is 6. The van der Waals surface area contributed by atoms with Gasteiger partial charge in [-0.25, -0.2) is 4.79 Å². The van der Waals surface area contributed by atoms with Gasteiger partial charge in [-0.2, -0.15) is 0 Å². The minimum Gasteiger partial charge on any atom is -0.390 e. The van der Waals surface area contributed by atoms with Crippen molar-refractivity contribution in [1.82, 2.24) is 9.55 Å². The van der Waals surface area contributed by atoms with E-state index in [1.165, 1.54) is 10.8 Å². The first-order chi connectivity index (χ1) is 13.8. The van der Waals surface area contributed by atoms with Crippen LogP contribution in [-0.2, 0) is 15.9 Å². The highest BCUT2D eigenvalue weighted by Gasteiger charge is 2.34. The Hall–Kier alpha value is -1.48. The number of nitrogens with one attached hydrogen (secondary N) is 1. The molecule has 0 aliphatic carbocycles. The van der Waals surface area contributed by atoms with E-state index in [0.717, 1.165) is 25.7 Å². The fourth-order valence-electron chi connectivity index (χ4n) is 3.94. The number of aromatic nitrogens is 2. The van der Waals surface area contributed by atoms with E-state index in [0.29, 0.717) is 30.9 Å². The maximum absolute atomic E-state index is 11.7. The van der Waals surface area contributed by atoms with Crippen molar-refractivity contribution in [1.29, 1.82) is 0 Å². The summed E-state index contributed by atoms with van der Waals surface area (Å²) >= 11 is 0. The molecule has 1 aromatic rings. The third-order valence-corrected chi connectivity index (χ3v) is 5.65. The van der Waals surface area contributed by atoms with Gasteiger partial charge in [0.2, 0.25) is 0 Å². The summed E-state index contributed by atoms with van der Waals surface area (Å²) in [7, 11) is 0. The molecule has 0 saturated carbocycles. The van der Waals surface area contributed by atoms with Crippen molar-refractivity contribution in [2.75, 3.05) is 0 Å². The van der Waals surface area contributed by atoms with Crippen molar-refractivity contribution in [3.05, 3.63) is 32.6 Å². The summed E-state index contributed by atoms with van der Waals surface area (Å²) in [6, 6.07) is 0. The standard InChI is InChI=1S/C12H18N2O4.C9H18O2.CH4/c1-3-7-6-14(12(17)13-11(7)16)10-5-8(15)9(4-2)18-10;1-3-5-7-6-8(10)9(4-2)11-7;/h6,8-10,15H,3-5H2,1-2H3,(H,13,16,17);7-10H,3-6H2,1-2H3;1H4/t8?,9-,10-;7-,8?,9+;/m10./s1. The van der Waals surface area contributed by atoms with Crippen LogP contribution in [0.2, 0.25) is 0 Å². The molecule has 0 spiro atoms. The molecule has 3 rings (SSSR count). The highest BCUT2D eigenvalue weighted by molar-refractivity contribution is 5.04. The fourth-order valence-corrected chi connectivity index (χ4v) is 3.94. The lowest BCUT2D eigenvalue weighted by atomic mass is 10.1. The van der Waals surface area contributed by atoms with Crippen molar-refractivity contribution in [2.24, 2.45) is 0 Å². The quantitative estimate of drug-likeness (QED) is 0.642. The second kappa shape index (κ2) is 12.4.